The number of nitrogens with one attached hydrogen (secondary N) is 2. The van der Waals surface area contributed by atoms with Crippen LogP contribution in [0.5, 0.6) is 0 Å². The zero-order valence-electron chi connectivity index (χ0n) is 7.76. The van der Waals surface area contributed by atoms with E-state index < -0.39 is 0 Å². The molecule has 0 bridgehead atoms. The Hall–Kier alpha value is -0.810. The lowest BCUT2D eigenvalue weighted by atomic mass is 10.2. The number of hydrogen-bond acceptors (Lipinski definition) is 4. The molecule has 1 aromatic carbocycles. The number of hydrogen-bond donors (Lipinski definition) is 4. The van der Waals surface area contributed by atoms with Crippen LogP contribution in [0.4, 0.5) is 5.69 Å². The molecule has 0 spiro atoms. The molecule has 0 aliphatic rings. The molecule has 0 aliphatic heterocycles. The number of nitrogens with two attached hydrogens (primary N) is 1. The summed E-state index contributed by atoms with van der Waals surface area (Å²) in [5.74, 6) is 0. The average molecular weight is 216 g/mol. The Bertz CT molecular complexity index is 293. The normalized spacial score (nSPS) is 10.4. The lowest BCUT2D eigenvalue weighted by Crippen LogP contribution is -2.33. The fraction of sp³-hybridized carbons (Fsp3) is 0.333. The van der Waals surface area contributed by atoms with E-state index in [1.807, 2.05) is 12.1 Å². The van der Waals surface area contributed by atoms with Crippen molar-refractivity contribution in [1.82, 2.24) is 10.9 Å². The van der Waals surface area contributed by atoms with Crippen molar-refractivity contribution >= 4 is 17.3 Å². The Morgan fingerprint density at radius 2 is 2.14 bits per heavy atom. The zero-order valence-corrected chi connectivity index (χ0v) is 8.51. The van der Waals surface area contributed by atoms with Crippen molar-refractivity contribution < 1.29 is 5.11 Å². The number of benzene rings is 1. The molecule has 0 atom stereocenters. The van der Waals surface area contributed by atoms with Crippen molar-refractivity contribution in [3.8, 4) is 0 Å². The number of aliphatic hydroxyl groups is 1. The van der Waals surface area contributed by atoms with Gasteiger partial charge in [-0.05, 0) is 17.7 Å². The van der Waals surface area contributed by atoms with Gasteiger partial charge in [0.1, 0.15) is 0 Å². The summed E-state index contributed by atoms with van der Waals surface area (Å²) >= 11 is 5.77. The van der Waals surface area contributed by atoms with Gasteiger partial charge in [0.25, 0.3) is 0 Å². The number of aliphatic hydroxyl groups excluding tert-OH is 1. The predicted octanol–water partition coefficient (Wildman–Crippen LogP) is 0.509. The summed E-state index contributed by atoms with van der Waals surface area (Å²) in [5, 5.41) is 9.07. The lowest BCUT2D eigenvalue weighted by Gasteiger charge is -2.06. The van der Waals surface area contributed by atoms with Crippen molar-refractivity contribution in [1.29, 1.82) is 0 Å². The van der Waals surface area contributed by atoms with Crippen LogP contribution in [0, 0.1) is 0 Å². The van der Waals surface area contributed by atoms with Gasteiger partial charge >= 0.3 is 0 Å². The van der Waals surface area contributed by atoms with Crippen molar-refractivity contribution in [3.63, 3.8) is 0 Å². The largest absolute Gasteiger partial charge is 0.398 e. The second kappa shape index (κ2) is 5.82. The molecule has 5 heteroatoms. The third-order valence-electron chi connectivity index (χ3n) is 1.71. The third kappa shape index (κ3) is 3.51. The van der Waals surface area contributed by atoms with Crippen LogP contribution >= 0.6 is 11.6 Å². The fourth-order valence-corrected chi connectivity index (χ4v) is 1.13. The molecule has 4 nitrogen and oxygen atoms in total. The van der Waals surface area contributed by atoms with Crippen molar-refractivity contribution in [2.75, 3.05) is 18.9 Å². The molecule has 14 heavy (non-hydrogen) atoms. The summed E-state index contributed by atoms with van der Waals surface area (Å²) in [5.41, 5.74) is 13.0. The van der Waals surface area contributed by atoms with Crippen molar-refractivity contribution in [2.45, 2.75) is 6.54 Å². The lowest BCUT2D eigenvalue weighted by molar-refractivity contribution is 0.283. The van der Waals surface area contributed by atoms with Crippen LogP contribution in [0.15, 0.2) is 18.2 Å². The first-order chi connectivity index (χ1) is 6.74. The number of nitrogen functional groups attached to an aromatic ring is 1. The monoisotopic (exact) mass is 215 g/mol. The molecule has 0 fully saturated rings. The Balaban J connectivity index is 2.39. The second-order valence-corrected chi connectivity index (χ2v) is 3.27. The van der Waals surface area contributed by atoms with E-state index in [4.69, 9.17) is 22.4 Å². The Morgan fingerprint density at radius 1 is 1.36 bits per heavy atom. The SMILES string of the molecule is Nc1cc(CNNCCO)ccc1Cl. The summed E-state index contributed by atoms with van der Waals surface area (Å²) in [6, 6.07) is 5.47. The molecular formula is C9H14ClN3O. The van der Waals surface area contributed by atoms with Gasteiger partial charge < -0.3 is 10.8 Å². The summed E-state index contributed by atoms with van der Waals surface area (Å²) in [6.07, 6.45) is 0. The average Bonchev–Trinajstić information content (AvgIpc) is 2.18. The number of rotatable bonds is 5. The van der Waals surface area contributed by atoms with E-state index >= 15 is 0 Å². The minimum absolute atomic E-state index is 0.107. The minimum atomic E-state index is 0.107. The Labute approximate surface area is 88.0 Å². The number of halogens is 1. The molecular weight excluding hydrogens is 202 g/mol. The van der Waals surface area contributed by atoms with E-state index in [2.05, 4.69) is 10.9 Å². The highest BCUT2D eigenvalue weighted by Crippen LogP contribution is 2.19. The van der Waals surface area contributed by atoms with Crippen molar-refractivity contribution in [3.05, 3.63) is 28.8 Å². The highest BCUT2D eigenvalue weighted by Gasteiger charge is 1.97. The van der Waals surface area contributed by atoms with Gasteiger partial charge in [0, 0.05) is 13.1 Å². The minimum Gasteiger partial charge on any atom is -0.398 e. The quantitative estimate of drug-likeness (QED) is 0.328. The van der Waals surface area contributed by atoms with E-state index in [1.54, 1.807) is 6.07 Å². The maximum Gasteiger partial charge on any atom is 0.0635 e. The van der Waals surface area contributed by atoms with Crippen LogP contribution in [-0.4, -0.2) is 18.3 Å². The number of anilines is 1. The molecule has 0 radical (unpaired) electrons. The smallest absolute Gasteiger partial charge is 0.0635 e. The van der Waals surface area contributed by atoms with Gasteiger partial charge in [-0.3, -0.25) is 10.9 Å². The van der Waals surface area contributed by atoms with E-state index in [9.17, 15) is 0 Å². The summed E-state index contributed by atoms with van der Waals surface area (Å²) < 4.78 is 0. The highest BCUT2D eigenvalue weighted by atomic mass is 35.5. The predicted molar refractivity (Wildman–Crippen MR) is 57.8 cm³/mol. The van der Waals surface area contributed by atoms with E-state index in [0.717, 1.165) is 5.56 Å². The Morgan fingerprint density at radius 3 is 2.79 bits per heavy atom. The van der Waals surface area contributed by atoms with Gasteiger partial charge in [-0.1, -0.05) is 17.7 Å². The van der Waals surface area contributed by atoms with Gasteiger partial charge in [0.15, 0.2) is 0 Å². The molecule has 0 saturated carbocycles. The fourth-order valence-electron chi connectivity index (χ4n) is 1.01. The summed E-state index contributed by atoms with van der Waals surface area (Å²) in [4.78, 5) is 0. The van der Waals surface area contributed by atoms with Gasteiger partial charge in [0.2, 0.25) is 0 Å². The topological polar surface area (TPSA) is 70.3 Å². The first kappa shape index (κ1) is 11.3. The first-order valence-electron chi connectivity index (χ1n) is 4.34. The molecule has 78 valence electrons. The Kier molecular flexibility index (Phi) is 4.69. The highest BCUT2D eigenvalue weighted by molar-refractivity contribution is 6.33. The van der Waals surface area contributed by atoms with Crippen LogP contribution in [0.3, 0.4) is 0 Å². The summed E-state index contributed by atoms with van der Waals surface area (Å²) in [6.45, 7) is 1.26. The van der Waals surface area contributed by atoms with Gasteiger partial charge in [-0.25, -0.2) is 0 Å². The first-order valence-corrected chi connectivity index (χ1v) is 4.72. The molecule has 0 heterocycles. The maximum absolute atomic E-state index is 8.50. The molecule has 5 N–H and O–H groups in total. The van der Waals surface area contributed by atoms with Crippen LogP contribution in [-0.2, 0) is 6.54 Å². The molecule has 0 unspecified atom stereocenters. The van der Waals surface area contributed by atoms with E-state index in [1.165, 1.54) is 0 Å². The van der Waals surface area contributed by atoms with Crippen LogP contribution < -0.4 is 16.6 Å². The van der Waals surface area contributed by atoms with Crippen LogP contribution in [0.1, 0.15) is 5.56 Å². The van der Waals surface area contributed by atoms with Crippen LogP contribution in [0.25, 0.3) is 0 Å². The standard InChI is InChI=1S/C9H14ClN3O/c10-8-2-1-7(5-9(8)11)6-13-12-3-4-14/h1-2,5,12-14H,3-4,6,11H2. The van der Waals surface area contributed by atoms with Gasteiger partial charge in [-0.15, -0.1) is 0 Å². The van der Waals surface area contributed by atoms with Gasteiger partial charge in [-0.2, -0.15) is 0 Å². The molecule has 0 aromatic heterocycles. The zero-order chi connectivity index (χ0) is 10.4. The molecule has 1 rings (SSSR count). The maximum atomic E-state index is 8.50. The molecule has 0 aliphatic carbocycles. The van der Waals surface area contributed by atoms with Crippen molar-refractivity contribution in [2.24, 2.45) is 0 Å². The number of hydrazine groups is 1. The van der Waals surface area contributed by atoms with E-state index in [0.29, 0.717) is 23.8 Å². The van der Waals surface area contributed by atoms with Gasteiger partial charge in [0.05, 0.1) is 17.3 Å². The second-order valence-electron chi connectivity index (χ2n) is 2.86. The molecule has 1 aromatic rings. The van der Waals surface area contributed by atoms with Crippen LogP contribution in [0.2, 0.25) is 5.02 Å². The van der Waals surface area contributed by atoms with E-state index in [-0.39, 0.29) is 6.61 Å². The third-order valence-corrected chi connectivity index (χ3v) is 2.06. The molecule has 0 saturated heterocycles. The summed E-state index contributed by atoms with van der Waals surface area (Å²) in [7, 11) is 0. The molecule has 0 amide bonds.